The van der Waals surface area contributed by atoms with E-state index >= 15 is 0 Å². The number of hydrogen-bond acceptors (Lipinski definition) is 2. The Labute approximate surface area is 135 Å². The van der Waals surface area contributed by atoms with Gasteiger partial charge in [0.2, 0.25) is 0 Å². The monoisotopic (exact) mass is 346 g/mol. The van der Waals surface area contributed by atoms with Gasteiger partial charge in [0, 0.05) is 0 Å². The molecule has 0 aliphatic heterocycles. The number of aromatic hydroxyl groups is 2. The van der Waals surface area contributed by atoms with Crippen LogP contribution in [0.25, 0.3) is 0 Å². The van der Waals surface area contributed by atoms with Crippen LogP contribution >= 0.6 is 0 Å². The van der Waals surface area contributed by atoms with Gasteiger partial charge in [0.05, 0.1) is 5.41 Å². The second-order valence-electron chi connectivity index (χ2n) is 5.42. The first kappa shape index (κ1) is 18.0. The molecule has 2 aromatic rings. The molecule has 0 saturated heterocycles. The molecular formula is C17H15F5O2. The summed E-state index contributed by atoms with van der Waals surface area (Å²) in [4.78, 5) is 0. The predicted molar refractivity (Wildman–Crippen MR) is 78.3 cm³/mol. The SMILES string of the molecule is CCC(c1ccc(O)cc1)(c1ccc(O)cc1)C(F)(F)C(F)(F)F. The zero-order chi connectivity index (χ0) is 18.2. The van der Waals surface area contributed by atoms with Gasteiger partial charge in [0.1, 0.15) is 11.5 Å². The number of rotatable bonds is 4. The summed E-state index contributed by atoms with van der Waals surface area (Å²) in [5.74, 6) is -5.56. The van der Waals surface area contributed by atoms with Crippen molar-refractivity contribution in [3.8, 4) is 11.5 Å². The van der Waals surface area contributed by atoms with Crippen molar-refractivity contribution in [3.05, 3.63) is 59.7 Å². The van der Waals surface area contributed by atoms with E-state index in [1.165, 1.54) is 6.92 Å². The van der Waals surface area contributed by atoms with Crippen LogP contribution in [-0.2, 0) is 5.41 Å². The molecule has 2 N–H and O–H groups in total. The molecule has 0 aromatic heterocycles. The molecule has 0 aliphatic carbocycles. The fraction of sp³-hybridized carbons (Fsp3) is 0.294. The van der Waals surface area contributed by atoms with Crippen LogP contribution in [0.5, 0.6) is 11.5 Å². The summed E-state index contributed by atoms with van der Waals surface area (Å²) < 4.78 is 68.7. The highest BCUT2D eigenvalue weighted by Gasteiger charge is 2.70. The van der Waals surface area contributed by atoms with Crippen molar-refractivity contribution in [2.45, 2.75) is 30.9 Å². The van der Waals surface area contributed by atoms with Crippen LogP contribution in [0, 0.1) is 0 Å². The van der Waals surface area contributed by atoms with Crippen LogP contribution in [0.3, 0.4) is 0 Å². The van der Waals surface area contributed by atoms with Gasteiger partial charge in [-0.25, -0.2) is 0 Å². The van der Waals surface area contributed by atoms with E-state index in [2.05, 4.69) is 0 Å². The molecule has 0 saturated carbocycles. The van der Waals surface area contributed by atoms with Gasteiger partial charge in [0.15, 0.2) is 0 Å². The fourth-order valence-electron chi connectivity index (χ4n) is 2.89. The highest BCUT2D eigenvalue weighted by atomic mass is 19.4. The van der Waals surface area contributed by atoms with Crippen LogP contribution in [0.15, 0.2) is 48.5 Å². The third kappa shape index (κ3) is 2.68. The molecule has 0 atom stereocenters. The highest BCUT2D eigenvalue weighted by Crippen LogP contribution is 2.55. The average Bonchev–Trinajstić information content (AvgIpc) is 2.50. The molecule has 0 spiro atoms. The Balaban J connectivity index is 2.81. The molecule has 130 valence electrons. The van der Waals surface area contributed by atoms with Gasteiger partial charge in [0.25, 0.3) is 0 Å². The Morgan fingerprint density at radius 3 is 1.29 bits per heavy atom. The summed E-state index contributed by atoms with van der Waals surface area (Å²) in [5.41, 5.74) is -3.25. The van der Waals surface area contributed by atoms with Gasteiger partial charge in [-0.2, -0.15) is 22.0 Å². The van der Waals surface area contributed by atoms with E-state index in [4.69, 9.17) is 0 Å². The maximum atomic E-state index is 14.6. The summed E-state index contributed by atoms with van der Waals surface area (Å²) >= 11 is 0. The Hall–Kier alpha value is -2.31. The molecule has 0 amide bonds. The van der Waals surface area contributed by atoms with Crippen molar-refractivity contribution in [1.82, 2.24) is 0 Å². The average molecular weight is 346 g/mol. The molecule has 0 aliphatic rings. The van der Waals surface area contributed by atoms with Crippen LogP contribution in [0.2, 0.25) is 0 Å². The molecule has 7 heteroatoms. The quantitative estimate of drug-likeness (QED) is 0.766. The van der Waals surface area contributed by atoms with Crippen molar-refractivity contribution in [3.63, 3.8) is 0 Å². The molecule has 2 aromatic carbocycles. The summed E-state index contributed by atoms with van der Waals surface area (Å²) in [6.07, 6.45) is -6.33. The lowest BCUT2D eigenvalue weighted by molar-refractivity contribution is -0.304. The van der Waals surface area contributed by atoms with Crippen molar-refractivity contribution in [2.24, 2.45) is 0 Å². The number of benzene rings is 2. The van der Waals surface area contributed by atoms with Gasteiger partial charge in [-0.3, -0.25) is 0 Å². The molecule has 24 heavy (non-hydrogen) atoms. The normalized spacial score (nSPS) is 13.1. The smallest absolute Gasteiger partial charge is 0.454 e. The largest absolute Gasteiger partial charge is 0.508 e. The number of hydrogen-bond donors (Lipinski definition) is 2. The van der Waals surface area contributed by atoms with Crippen LogP contribution in [-0.4, -0.2) is 22.3 Å². The zero-order valence-electron chi connectivity index (χ0n) is 12.6. The lowest BCUT2D eigenvalue weighted by atomic mass is 9.67. The number of alkyl halides is 5. The molecule has 2 nitrogen and oxygen atoms in total. The maximum Gasteiger partial charge on any atom is 0.454 e. The van der Waals surface area contributed by atoms with Gasteiger partial charge in [-0.1, -0.05) is 31.2 Å². The first-order valence-electron chi connectivity index (χ1n) is 7.10. The summed E-state index contributed by atoms with van der Waals surface area (Å²) in [7, 11) is 0. The summed E-state index contributed by atoms with van der Waals surface area (Å²) in [5, 5.41) is 18.6. The lowest BCUT2D eigenvalue weighted by Crippen LogP contribution is -2.55. The summed E-state index contributed by atoms with van der Waals surface area (Å²) in [6.45, 7) is 1.24. The third-order valence-electron chi connectivity index (χ3n) is 4.14. The second-order valence-corrected chi connectivity index (χ2v) is 5.42. The summed E-state index contributed by atoms with van der Waals surface area (Å²) in [6, 6.07) is 8.44. The van der Waals surface area contributed by atoms with Crippen molar-refractivity contribution in [2.75, 3.05) is 0 Å². The molecule has 2 rings (SSSR count). The van der Waals surface area contributed by atoms with E-state index in [0.717, 1.165) is 48.5 Å². The zero-order valence-corrected chi connectivity index (χ0v) is 12.6. The van der Waals surface area contributed by atoms with Crippen LogP contribution in [0.4, 0.5) is 22.0 Å². The van der Waals surface area contributed by atoms with E-state index in [9.17, 15) is 32.2 Å². The molecular weight excluding hydrogens is 331 g/mol. The van der Waals surface area contributed by atoms with Crippen molar-refractivity contribution >= 4 is 0 Å². The van der Waals surface area contributed by atoms with Crippen molar-refractivity contribution < 1.29 is 32.2 Å². The first-order valence-corrected chi connectivity index (χ1v) is 7.10. The van der Waals surface area contributed by atoms with Gasteiger partial charge >= 0.3 is 12.1 Å². The van der Waals surface area contributed by atoms with Crippen LogP contribution < -0.4 is 0 Å². The minimum Gasteiger partial charge on any atom is -0.508 e. The lowest BCUT2D eigenvalue weighted by Gasteiger charge is -2.41. The Bertz CT molecular complexity index is 645. The Morgan fingerprint density at radius 2 is 1.04 bits per heavy atom. The minimum atomic E-state index is -5.78. The molecule has 0 radical (unpaired) electrons. The number of halogens is 5. The van der Waals surface area contributed by atoms with Gasteiger partial charge < -0.3 is 10.2 Å². The molecule has 0 heterocycles. The Morgan fingerprint density at radius 1 is 0.708 bits per heavy atom. The molecule has 0 unspecified atom stereocenters. The van der Waals surface area contributed by atoms with Crippen molar-refractivity contribution in [1.29, 1.82) is 0 Å². The number of phenolic OH excluding ortho intramolecular Hbond substituents is 2. The van der Waals surface area contributed by atoms with E-state index in [1.54, 1.807) is 0 Å². The maximum absolute atomic E-state index is 14.6. The first-order chi connectivity index (χ1) is 11.1. The molecule has 0 fully saturated rings. The van der Waals surface area contributed by atoms with E-state index in [-0.39, 0.29) is 22.6 Å². The van der Waals surface area contributed by atoms with E-state index in [1.807, 2.05) is 0 Å². The van der Waals surface area contributed by atoms with Crippen LogP contribution in [0.1, 0.15) is 24.5 Å². The van der Waals surface area contributed by atoms with E-state index in [0.29, 0.717) is 0 Å². The predicted octanol–water partition coefficient (Wildman–Crippen LogP) is 4.99. The highest BCUT2D eigenvalue weighted by molar-refractivity contribution is 5.46. The Kier molecular flexibility index (Phi) is 4.48. The number of phenols is 2. The van der Waals surface area contributed by atoms with Gasteiger partial charge in [-0.15, -0.1) is 0 Å². The fourth-order valence-corrected chi connectivity index (χ4v) is 2.89. The third-order valence-corrected chi connectivity index (χ3v) is 4.14. The van der Waals surface area contributed by atoms with E-state index < -0.39 is 23.9 Å². The molecule has 0 bridgehead atoms. The standard InChI is InChI=1S/C17H15F5O2/c1-2-15(16(18,19)17(20,21)22,11-3-7-13(23)8-4-11)12-5-9-14(24)10-6-12/h3-10,23-24H,2H2,1H3. The second kappa shape index (κ2) is 5.96. The topological polar surface area (TPSA) is 40.5 Å². The van der Waals surface area contributed by atoms with Gasteiger partial charge in [-0.05, 0) is 41.8 Å². The minimum absolute atomic E-state index is 0.246.